The average molecular weight is 374 g/mol. The number of nitriles is 1. The van der Waals surface area contributed by atoms with Crippen LogP contribution in [0.2, 0.25) is 0 Å². The molecule has 4 rings (SSSR count). The van der Waals surface area contributed by atoms with Gasteiger partial charge in [0.1, 0.15) is 22.5 Å². The fourth-order valence-electron chi connectivity index (χ4n) is 2.67. The lowest BCUT2D eigenvalue weighted by Gasteiger charge is -1.99. The van der Waals surface area contributed by atoms with Crippen molar-refractivity contribution in [2.75, 3.05) is 0 Å². The molecule has 0 unspecified atom stereocenters. The monoisotopic (exact) mass is 374 g/mol. The van der Waals surface area contributed by atoms with Gasteiger partial charge < -0.3 is 4.42 Å². The van der Waals surface area contributed by atoms with Gasteiger partial charge in [0.25, 0.3) is 0 Å². The summed E-state index contributed by atoms with van der Waals surface area (Å²) in [6.07, 6.45) is 1.56. The lowest BCUT2D eigenvalue weighted by molar-refractivity contribution is 0.563. The van der Waals surface area contributed by atoms with Crippen LogP contribution in [0.5, 0.6) is 0 Å². The van der Waals surface area contributed by atoms with Gasteiger partial charge >= 0.3 is 5.63 Å². The molecule has 0 saturated carbocycles. The smallest absolute Gasteiger partial charge is 0.345 e. The molecule has 4 nitrogen and oxygen atoms in total. The van der Waals surface area contributed by atoms with Gasteiger partial charge in [-0.15, -0.1) is 11.3 Å². The number of nitrogens with zero attached hydrogens (tertiary/aromatic N) is 2. The molecule has 0 aliphatic rings. The minimum Gasteiger partial charge on any atom is -0.422 e. The van der Waals surface area contributed by atoms with E-state index in [1.54, 1.807) is 41.8 Å². The molecule has 130 valence electrons. The summed E-state index contributed by atoms with van der Waals surface area (Å²) in [4.78, 5) is 16.7. The van der Waals surface area contributed by atoms with E-state index >= 15 is 0 Å². The van der Waals surface area contributed by atoms with Crippen molar-refractivity contribution in [2.45, 2.75) is 0 Å². The number of halogens is 1. The van der Waals surface area contributed by atoms with E-state index in [2.05, 4.69) is 11.1 Å². The summed E-state index contributed by atoms with van der Waals surface area (Å²) in [5.74, 6) is -0.380. The Morgan fingerprint density at radius 1 is 1.19 bits per heavy atom. The molecular weight excluding hydrogens is 363 g/mol. The van der Waals surface area contributed by atoms with Gasteiger partial charge in [-0.3, -0.25) is 0 Å². The van der Waals surface area contributed by atoms with E-state index in [-0.39, 0.29) is 5.82 Å². The minimum atomic E-state index is -0.488. The van der Waals surface area contributed by atoms with Crippen molar-refractivity contribution in [2.24, 2.45) is 0 Å². The molecule has 27 heavy (non-hydrogen) atoms. The Morgan fingerprint density at radius 2 is 2.04 bits per heavy atom. The first-order valence-corrected chi connectivity index (χ1v) is 8.88. The van der Waals surface area contributed by atoms with E-state index < -0.39 is 5.63 Å². The van der Waals surface area contributed by atoms with Crippen LogP contribution in [0, 0.1) is 17.1 Å². The number of para-hydroxylation sites is 1. The number of benzene rings is 2. The molecular formula is C21H11FN2O2S. The molecule has 2 heterocycles. The summed E-state index contributed by atoms with van der Waals surface area (Å²) < 4.78 is 18.7. The average Bonchev–Trinajstić information content (AvgIpc) is 3.15. The number of hydrogen-bond acceptors (Lipinski definition) is 5. The molecule has 2 aromatic heterocycles. The van der Waals surface area contributed by atoms with Crippen LogP contribution in [0.4, 0.5) is 4.39 Å². The van der Waals surface area contributed by atoms with Gasteiger partial charge in [0.2, 0.25) is 0 Å². The first kappa shape index (κ1) is 16.9. The molecule has 0 bridgehead atoms. The van der Waals surface area contributed by atoms with Crippen LogP contribution in [-0.4, -0.2) is 4.98 Å². The first-order valence-electron chi connectivity index (χ1n) is 8.00. The van der Waals surface area contributed by atoms with Gasteiger partial charge in [-0.2, -0.15) is 5.26 Å². The largest absolute Gasteiger partial charge is 0.422 e. The van der Waals surface area contributed by atoms with E-state index in [0.717, 1.165) is 5.39 Å². The summed E-state index contributed by atoms with van der Waals surface area (Å²) in [5, 5.41) is 12.4. The Labute approximate surface area is 157 Å². The van der Waals surface area contributed by atoms with E-state index in [9.17, 15) is 14.4 Å². The highest BCUT2D eigenvalue weighted by atomic mass is 32.1. The number of fused-ring (bicyclic) bond motifs is 1. The Hall–Kier alpha value is -3.56. The van der Waals surface area contributed by atoms with Crippen molar-refractivity contribution < 1.29 is 8.81 Å². The molecule has 6 heteroatoms. The summed E-state index contributed by atoms with van der Waals surface area (Å²) in [6.45, 7) is 0. The third-order valence-electron chi connectivity index (χ3n) is 3.93. The lowest BCUT2D eigenvalue weighted by atomic mass is 10.1. The Morgan fingerprint density at radius 3 is 2.85 bits per heavy atom. The van der Waals surface area contributed by atoms with Crippen LogP contribution < -0.4 is 5.63 Å². The van der Waals surface area contributed by atoms with E-state index in [0.29, 0.717) is 33.0 Å². The number of hydrogen-bond donors (Lipinski definition) is 0. The van der Waals surface area contributed by atoms with E-state index in [1.807, 2.05) is 12.1 Å². The molecule has 0 aliphatic carbocycles. The van der Waals surface area contributed by atoms with Crippen LogP contribution in [0.3, 0.4) is 0 Å². The number of thiazole rings is 1. The van der Waals surface area contributed by atoms with Gasteiger partial charge in [0.15, 0.2) is 0 Å². The van der Waals surface area contributed by atoms with Crippen LogP contribution in [0.15, 0.2) is 69.2 Å². The lowest BCUT2D eigenvalue weighted by Crippen LogP contribution is -2.02. The molecule has 0 spiro atoms. The Balaban J connectivity index is 1.76. The molecule has 0 N–H and O–H groups in total. The van der Waals surface area contributed by atoms with Gasteiger partial charge in [-0.25, -0.2) is 14.2 Å². The van der Waals surface area contributed by atoms with Crippen molar-refractivity contribution >= 4 is 34.0 Å². The summed E-state index contributed by atoms with van der Waals surface area (Å²) in [6, 6.07) is 17.0. The zero-order valence-corrected chi connectivity index (χ0v) is 14.7. The van der Waals surface area contributed by atoms with Gasteiger partial charge in [0, 0.05) is 10.8 Å². The molecule has 0 fully saturated rings. The predicted octanol–water partition coefficient (Wildman–Crippen LogP) is 5.12. The second-order valence-corrected chi connectivity index (χ2v) is 6.61. The Kier molecular flexibility index (Phi) is 4.37. The summed E-state index contributed by atoms with van der Waals surface area (Å²) >= 11 is 1.24. The van der Waals surface area contributed by atoms with Crippen molar-refractivity contribution in [3.8, 4) is 17.3 Å². The van der Waals surface area contributed by atoms with Crippen molar-refractivity contribution in [1.29, 1.82) is 5.26 Å². The molecule has 0 atom stereocenters. The summed E-state index contributed by atoms with van der Waals surface area (Å²) in [7, 11) is 0. The number of allylic oxidation sites excluding steroid dienone is 1. The maximum atomic E-state index is 13.4. The normalized spacial score (nSPS) is 11.5. The van der Waals surface area contributed by atoms with E-state index in [1.165, 1.54) is 23.5 Å². The third-order valence-corrected chi connectivity index (χ3v) is 4.81. The van der Waals surface area contributed by atoms with Gasteiger partial charge in [-0.05, 0) is 35.9 Å². The quantitative estimate of drug-likeness (QED) is 0.369. The van der Waals surface area contributed by atoms with Crippen LogP contribution in [0.1, 0.15) is 10.6 Å². The third kappa shape index (κ3) is 3.41. The van der Waals surface area contributed by atoms with Crippen LogP contribution in [0.25, 0.3) is 33.9 Å². The zero-order chi connectivity index (χ0) is 18.8. The second kappa shape index (κ2) is 6.98. The van der Waals surface area contributed by atoms with Crippen molar-refractivity contribution in [3.05, 3.63) is 86.8 Å². The SMILES string of the molecule is N#C/C(=C/c1cccc(F)c1)c1nc(-c2cc3ccccc3oc2=O)cs1. The second-order valence-electron chi connectivity index (χ2n) is 5.75. The molecule has 0 amide bonds. The molecule has 2 aromatic carbocycles. The highest BCUT2D eigenvalue weighted by Gasteiger charge is 2.13. The fourth-order valence-corrected chi connectivity index (χ4v) is 3.45. The summed E-state index contributed by atoms with van der Waals surface area (Å²) in [5.41, 5.74) is 1.65. The van der Waals surface area contributed by atoms with Crippen molar-refractivity contribution in [3.63, 3.8) is 0 Å². The van der Waals surface area contributed by atoms with E-state index in [4.69, 9.17) is 4.42 Å². The predicted molar refractivity (Wildman–Crippen MR) is 103 cm³/mol. The Bertz CT molecular complexity index is 1280. The maximum Gasteiger partial charge on any atom is 0.345 e. The first-order chi connectivity index (χ1) is 13.1. The molecule has 4 aromatic rings. The maximum absolute atomic E-state index is 13.4. The highest BCUT2D eigenvalue weighted by molar-refractivity contribution is 7.11. The topological polar surface area (TPSA) is 66.9 Å². The highest BCUT2D eigenvalue weighted by Crippen LogP contribution is 2.27. The zero-order valence-electron chi connectivity index (χ0n) is 13.8. The molecule has 0 aliphatic heterocycles. The van der Waals surface area contributed by atoms with Crippen LogP contribution >= 0.6 is 11.3 Å². The van der Waals surface area contributed by atoms with Crippen LogP contribution in [-0.2, 0) is 0 Å². The number of rotatable bonds is 3. The van der Waals surface area contributed by atoms with Gasteiger partial charge in [0.05, 0.1) is 16.8 Å². The minimum absolute atomic E-state index is 0.294. The fraction of sp³-hybridized carbons (Fsp3) is 0. The molecule has 0 saturated heterocycles. The standard InChI is InChI=1S/C21H11FN2O2S/c22-16-6-3-4-13(9-16)8-15(11-23)20-24-18(12-27-20)17-10-14-5-1-2-7-19(14)26-21(17)25/h1-10,12H/b15-8-. The molecule has 0 radical (unpaired) electrons. The van der Waals surface area contributed by atoms with Crippen molar-refractivity contribution in [1.82, 2.24) is 4.98 Å². The number of aromatic nitrogens is 1. The van der Waals surface area contributed by atoms with Gasteiger partial charge in [-0.1, -0.05) is 30.3 Å².